The summed E-state index contributed by atoms with van der Waals surface area (Å²) in [7, 11) is 2.16. The topological polar surface area (TPSA) is 54.0 Å². The van der Waals surface area contributed by atoms with Crippen LogP contribution in [0.15, 0.2) is 12.1 Å². The highest BCUT2D eigenvalue weighted by molar-refractivity contribution is 5.64. The van der Waals surface area contributed by atoms with E-state index in [1.54, 1.807) is 12.1 Å². The summed E-state index contributed by atoms with van der Waals surface area (Å²) in [6.07, 6.45) is 1.19. The molecule has 2 heterocycles. The number of benzene rings is 1. The third-order valence-corrected chi connectivity index (χ3v) is 4.05. The van der Waals surface area contributed by atoms with E-state index in [4.69, 9.17) is 9.47 Å². The van der Waals surface area contributed by atoms with E-state index in [2.05, 4.69) is 24.2 Å². The number of ether oxygens (including phenoxy) is 2. The molecule has 1 aromatic rings. The normalized spacial score (nSPS) is 25.8. The number of fused-ring (bicyclic) bond motifs is 1. The second kappa shape index (κ2) is 4.81. The van der Waals surface area contributed by atoms with E-state index >= 15 is 0 Å². The Morgan fingerprint density at radius 1 is 1.37 bits per heavy atom. The number of phenolic OH excluding ortho intramolecular Hbond substituents is 1. The standard InChI is InChI=1S/C14H20N2O3/c1-9-3-10(7-16(9)2)6-15-11-4-13-14(5-12(11)17)19-8-18-13/h4-5,9-10,15,17H,3,6-8H2,1-2H3. The molecule has 0 amide bonds. The van der Waals surface area contributed by atoms with Gasteiger partial charge < -0.3 is 24.8 Å². The number of hydrogen-bond acceptors (Lipinski definition) is 5. The number of nitrogens with one attached hydrogen (secondary N) is 1. The predicted octanol–water partition coefficient (Wildman–Crippen LogP) is 1.87. The van der Waals surface area contributed by atoms with Crippen LogP contribution in [0.5, 0.6) is 17.2 Å². The van der Waals surface area contributed by atoms with E-state index in [9.17, 15) is 5.11 Å². The zero-order chi connectivity index (χ0) is 13.4. The minimum Gasteiger partial charge on any atom is -0.506 e. The van der Waals surface area contributed by atoms with Crippen molar-refractivity contribution in [2.45, 2.75) is 19.4 Å². The van der Waals surface area contributed by atoms with Crippen molar-refractivity contribution in [3.63, 3.8) is 0 Å². The first-order valence-electron chi connectivity index (χ1n) is 6.70. The minimum absolute atomic E-state index is 0.212. The highest BCUT2D eigenvalue weighted by Crippen LogP contribution is 2.40. The average molecular weight is 264 g/mol. The third-order valence-electron chi connectivity index (χ3n) is 4.05. The number of likely N-dealkylation sites (tertiary alicyclic amines) is 1. The molecule has 2 aliphatic heterocycles. The lowest BCUT2D eigenvalue weighted by atomic mass is 10.1. The van der Waals surface area contributed by atoms with Crippen LogP contribution in [0.2, 0.25) is 0 Å². The number of nitrogens with zero attached hydrogens (tertiary/aromatic N) is 1. The van der Waals surface area contributed by atoms with Crippen LogP contribution in [-0.2, 0) is 0 Å². The van der Waals surface area contributed by atoms with Crippen LogP contribution in [0.25, 0.3) is 0 Å². The lowest BCUT2D eigenvalue weighted by Crippen LogP contribution is -2.22. The molecule has 2 aliphatic rings. The smallest absolute Gasteiger partial charge is 0.231 e. The van der Waals surface area contributed by atoms with E-state index < -0.39 is 0 Å². The second-order valence-corrected chi connectivity index (χ2v) is 5.49. The molecule has 19 heavy (non-hydrogen) atoms. The van der Waals surface area contributed by atoms with Crippen molar-refractivity contribution in [2.75, 3.05) is 32.2 Å². The Morgan fingerprint density at radius 3 is 2.79 bits per heavy atom. The van der Waals surface area contributed by atoms with E-state index in [0.717, 1.165) is 13.1 Å². The van der Waals surface area contributed by atoms with Crippen LogP contribution in [0.4, 0.5) is 5.69 Å². The Bertz CT molecular complexity index is 468. The van der Waals surface area contributed by atoms with Crippen LogP contribution < -0.4 is 14.8 Å². The summed E-state index contributed by atoms with van der Waals surface area (Å²) in [4.78, 5) is 2.37. The second-order valence-electron chi connectivity index (χ2n) is 5.49. The lowest BCUT2D eigenvalue weighted by Gasteiger charge is -2.14. The number of hydrogen-bond donors (Lipinski definition) is 2. The molecule has 1 saturated heterocycles. The van der Waals surface area contributed by atoms with Gasteiger partial charge in [-0.2, -0.15) is 0 Å². The fraction of sp³-hybridized carbons (Fsp3) is 0.571. The van der Waals surface area contributed by atoms with E-state index in [0.29, 0.717) is 29.1 Å². The summed E-state index contributed by atoms with van der Waals surface area (Å²) < 4.78 is 10.5. The monoisotopic (exact) mass is 264 g/mol. The first kappa shape index (κ1) is 12.4. The maximum Gasteiger partial charge on any atom is 0.231 e. The molecule has 2 unspecified atom stereocenters. The van der Waals surface area contributed by atoms with Gasteiger partial charge in [-0.15, -0.1) is 0 Å². The highest BCUT2D eigenvalue weighted by atomic mass is 16.7. The molecule has 2 N–H and O–H groups in total. The van der Waals surface area contributed by atoms with Crippen LogP contribution in [-0.4, -0.2) is 43.0 Å². The predicted molar refractivity (Wildman–Crippen MR) is 72.9 cm³/mol. The Kier molecular flexibility index (Phi) is 3.14. The van der Waals surface area contributed by atoms with Crippen molar-refractivity contribution in [3.8, 4) is 17.2 Å². The molecule has 0 radical (unpaired) electrons. The van der Waals surface area contributed by atoms with Crippen molar-refractivity contribution in [1.29, 1.82) is 0 Å². The number of phenols is 1. The van der Waals surface area contributed by atoms with Gasteiger partial charge in [0.05, 0.1) is 5.69 Å². The molecule has 1 fully saturated rings. The van der Waals surface area contributed by atoms with Crippen LogP contribution >= 0.6 is 0 Å². The fourth-order valence-corrected chi connectivity index (χ4v) is 2.80. The van der Waals surface area contributed by atoms with Crippen LogP contribution in [0.1, 0.15) is 13.3 Å². The Labute approximate surface area is 113 Å². The summed E-state index contributed by atoms with van der Waals surface area (Å²) in [6.45, 7) is 4.43. The summed E-state index contributed by atoms with van der Waals surface area (Å²) in [5, 5.41) is 13.3. The molecule has 2 atom stereocenters. The summed E-state index contributed by atoms with van der Waals surface area (Å²) in [5.41, 5.74) is 0.714. The Morgan fingerprint density at radius 2 is 2.11 bits per heavy atom. The van der Waals surface area contributed by atoms with Crippen molar-refractivity contribution >= 4 is 5.69 Å². The molecule has 1 aromatic carbocycles. The molecule has 104 valence electrons. The van der Waals surface area contributed by atoms with E-state index in [-0.39, 0.29) is 12.5 Å². The van der Waals surface area contributed by atoms with E-state index in [1.807, 2.05) is 0 Å². The summed E-state index contributed by atoms with van der Waals surface area (Å²) in [6, 6.07) is 4.05. The van der Waals surface area contributed by atoms with Gasteiger partial charge in [0, 0.05) is 31.3 Å². The van der Waals surface area contributed by atoms with Gasteiger partial charge in [-0.1, -0.05) is 0 Å². The molecular weight excluding hydrogens is 244 g/mol. The van der Waals surface area contributed by atoms with Gasteiger partial charge in [-0.25, -0.2) is 0 Å². The number of rotatable bonds is 3. The molecule has 0 bridgehead atoms. The van der Waals surface area contributed by atoms with Crippen molar-refractivity contribution < 1.29 is 14.6 Å². The van der Waals surface area contributed by atoms with Gasteiger partial charge >= 0.3 is 0 Å². The first-order valence-corrected chi connectivity index (χ1v) is 6.70. The lowest BCUT2D eigenvalue weighted by molar-refractivity contribution is 0.174. The van der Waals surface area contributed by atoms with Gasteiger partial charge in [0.2, 0.25) is 6.79 Å². The van der Waals surface area contributed by atoms with Gasteiger partial charge in [0.15, 0.2) is 11.5 Å². The highest BCUT2D eigenvalue weighted by Gasteiger charge is 2.26. The number of aromatic hydroxyl groups is 1. The zero-order valence-corrected chi connectivity index (χ0v) is 11.3. The largest absolute Gasteiger partial charge is 0.506 e. The number of anilines is 1. The van der Waals surface area contributed by atoms with Gasteiger partial charge in [0.1, 0.15) is 5.75 Å². The molecule has 3 rings (SSSR count). The maximum absolute atomic E-state index is 9.94. The molecule has 5 nitrogen and oxygen atoms in total. The van der Waals surface area contributed by atoms with Crippen molar-refractivity contribution in [1.82, 2.24) is 4.90 Å². The van der Waals surface area contributed by atoms with Crippen molar-refractivity contribution in [2.24, 2.45) is 5.92 Å². The molecular formula is C14H20N2O3. The van der Waals surface area contributed by atoms with Crippen LogP contribution in [0.3, 0.4) is 0 Å². The van der Waals surface area contributed by atoms with Crippen LogP contribution in [0, 0.1) is 5.92 Å². The Balaban J connectivity index is 1.64. The third kappa shape index (κ3) is 2.42. The van der Waals surface area contributed by atoms with Gasteiger partial charge in [-0.3, -0.25) is 0 Å². The van der Waals surface area contributed by atoms with Gasteiger partial charge in [-0.05, 0) is 26.3 Å². The zero-order valence-electron chi connectivity index (χ0n) is 11.3. The molecule has 0 saturated carbocycles. The maximum atomic E-state index is 9.94. The summed E-state index contributed by atoms with van der Waals surface area (Å²) >= 11 is 0. The first-order chi connectivity index (χ1) is 9.13. The minimum atomic E-state index is 0.212. The molecule has 0 spiro atoms. The van der Waals surface area contributed by atoms with Crippen molar-refractivity contribution in [3.05, 3.63) is 12.1 Å². The molecule has 5 heteroatoms. The molecule has 0 aromatic heterocycles. The molecule has 0 aliphatic carbocycles. The Hall–Kier alpha value is -1.62. The summed E-state index contributed by atoms with van der Waals surface area (Å²) in [5.74, 6) is 2.13. The van der Waals surface area contributed by atoms with E-state index in [1.165, 1.54) is 6.42 Å². The fourth-order valence-electron chi connectivity index (χ4n) is 2.80. The van der Waals surface area contributed by atoms with Gasteiger partial charge in [0.25, 0.3) is 0 Å². The SMILES string of the molecule is CC1CC(CNc2cc3c(cc2O)OCO3)CN1C. The quantitative estimate of drug-likeness (QED) is 0.816. The average Bonchev–Trinajstić information content (AvgIpc) is 2.93.